The Labute approximate surface area is 95.9 Å². The van der Waals surface area contributed by atoms with E-state index in [9.17, 15) is 4.79 Å². The molecule has 0 fully saturated rings. The number of anilines is 2. The molecule has 16 heavy (non-hydrogen) atoms. The summed E-state index contributed by atoms with van der Waals surface area (Å²) in [7, 11) is 5.33. The van der Waals surface area contributed by atoms with Crippen molar-refractivity contribution < 1.29 is 4.79 Å². The summed E-state index contributed by atoms with van der Waals surface area (Å²) in [6.07, 6.45) is 0.471. The zero-order valence-corrected chi connectivity index (χ0v) is 9.95. The predicted molar refractivity (Wildman–Crippen MR) is 65.6 cm³/mol. The monoisotopic (exact) mass is 222 g/mol. The van der Waals surface area contributed by atoms with Gasteiger partial charge >= 0.3 is 0 Å². The lowest BCUT2D eigenvalue weighted by atomic mass is 10.3. The van der Waals surface area contributed by atoms with Crippen LogP contribution in [0.2, 0.25) is 0 Å². The molecule has 0 aliphatic carbocycles. The SMILES string of the molecule is CNc1cccc(NCCC(=O)N(C)C)n1. The minimum Gasteiger partial charge on any atom is -0.373 e. The van der Waals surface area contributed by atoms with E-state index in [1.54, 1.807) is 19.0 Å². The van der Waals surface area contributed by atoms with E-state index in [2.05, 4.69) is 15.6 Å². The van der Waals surface area contributed by atoms with Gasteiger partial charge in [-0.1, -0.05) is 6.07 Å². The molecule has 0 bridgehead atoms. The van der Waals surface area contributed by atoms with Gasteiger partial charge in [0.25, 0.3) is 0 Å². The Hall–Kier alpha value is -1.78. The number of carbonyl (C=O) groups is 1. The number of hydrogen-bond acceptors (Lipinski definition) is 4. The molecule has 1 aromatic heterocycles. The molecule has 0 saturated carbocycles. The maximum atomic E-state index is 11.3. The number of carbonyl (C=O) groups excluding carboxylic acids is 1. The van der Waals surface area contributed by atoms with Crippen LogP contribution in [-0.2, 0) is 4.79 Å². The minimum atomic E-state index is 0.109. The summed E-state index contributed by atoms with van der Waals surface area (Å²) in [5.74, 6) is 1.69. The second kappa shape index (κ2) is 5.95. The van der Waals surface area contributed by atoms with Gasteiger partial charge in [-0.3, -0.25) is 4.79 Å². The highest BCUT2D eigenvalue weighted by Gasteiger charge is 2.03. The smallest absolute Gasteiger partial charge is 0.223 e. The van der Waals surface area contributed by atoms with E-state index in [4.69, 9.17) is 0 Å². The molecule has 0 atom stereocenters. The van der Waals surface area contributed by atoms with E-state index < -0.39 is 0 Å². The Bertz CT molecular complexity index is 352. The fraction of sp³-hybridized carbons (Fsp3) is 0.455. The highest BCUT2D eigenvalue weighted by atomic mass is 16.2. The first-order chi connectivity index (χ1) is 7.63. The molecular weight excluding hydrogens is 204 g/mol. The number of amides is 1. The van der Waals surface area contributed by atoms with Crippen LogP contribution < -0.4 is 10.6 Å². The van der Waals surface area contributed by atoms with E-state index in [0.717, 1.165) is 11.6 Å². The summed E-state index contributed by atoms with van der Waals surface area (Å²) in [6, 6.07) is 5.67. The van der Waals surface area contributed by atoms with Gasteiger partial charge < -0.3 is 15.5 Å². The second-order valence-corrected chi connectivity index (χ2v) is 3.62. The normalized spacial score (nSPS) is 9.69. The van der Waals surface area contributed by atoms with Crippen LogP contribution in [0.3, 0.4) is 0 Å². The molecule has 0 unspecified atom stereocenters. The van der Waals surface area contributed by atoms with Gasteiger partial charge in [0.05, 0.1) is 0 Å². The Kier molecular flexibility index (Phi) is 4.57. The average Bonchev–Trinajstić information content (AvgIpc) is 2.29. The van der Waals surface area contributed by atoms with Crippen molar-refractivity contribution in [3.63, 3.8) is 0 Å². The van der Waals surface area contributed by atoms with Crippen LogP contribution in [0, 0.1) is 0 Å². The number of pyridine rings is 1. The third-order valence-corrected chi connectivity index (χ3v) is 2.15. The van der Waals surface area contributed by atoms with Gasteiger partial charge in [-0.15, -0.1) is 0 Å². The average molecular weight is 222 g/mol. The molecule has 1 amide bonds. The first-order valence-electron chi connectivity index (χ1n) is 5.22. The molecule has 1 rings (SSSR count). The molecule has 0 saturated heterocycles. The van der Waals surface area contributed by atoms with Crippen LogP contribution in [-0.4, -0.2) is 43.5 Å². The summed E-state index contributed by atoms with van der Waals surface area (Å²) in [4.78, 5) is 17.2. The lowest BCUT2D eigenvalue weighted by molar-refractivity contribution is -0.128. The van der Waals surface area contributed by atoms with Crippen molar-refractivity contribution >= 4 is 17.5 Å². The van der Waals surface area contributed by atoms with Gasteiger partial charge in [-0.2, -0.15) is 0 Å². The molecule has 2 N–H and O–H groups in total. The molecule has 0 aliphatic heterocycles. The van der Waals surface area contributed by atoms with E-state index in [0.29, 0.717) is 13.0 Å². The molecule has 0 spiro atoms. The minimum absolute atomic E-state index is 0.109. The van der Waals surface area contributed by atoms with E-state index >= 15 is 0 Å². The second-order valence-electron chi connectivity index (χ2n) is 3.62. The van der Waals surface area contributed by atoms with Crippen LogP contribution in [0.5, 0.6) is 0 Å². The van der Waals surface area contributed by atoms with Gasteiger partial charge in [0.1, 0.15) is 11.6 Å². The van der Waals surface area contributed by atoms with E-state index in [-0.39, 0.29) is 5.91 Å². The van der Waals surface area contributed by atoms with Crippen LogP contribution in [0.1, 0.15) is 6.42 Å². The van der Waals surface area contributed by atoms with Crippen molar-refractivity contribution in [3.8, 4) is 0 Å². The Morgan fingerprint density at radius 2 is 2.06 bits per heavy atom. The van der Waals surface area contributed by atoms with Crippen LogP contribution >= 0.6 is 0 Å². The molecule has 0 aromatic carbocycles. The highest BCUT2D eigenvalue weighted by Crippen LogP contribution is 2.07. The van der Waals surface area contributed by atoms with Crippen molar-refractivity contribution in [2.45, 2.75) is 6.42 Å². The zero-order chi connectivity index (χ0) is 12.0. The van der Waals surface area contributed by atoms with Crippen LogP contribution in [0.4, 0.5) is 11.6 Å². The molecule has 88 valence electrons. The maximum absolute atomic E-state index is 11.3. The third-order valence-electron chi connectivity index (χ3n) is 2.15. The number of aromatic nitrogens is 1. The van der Waals surface area contributed by atoms with Gasteiger partial charge in [0, 0.05) is 34.1 Å². The summed E-state index contributed by atoms with van der Waals surface area (Å²) in [5.41, 5.74) is 0. The molecule has 0 radical (unpaired) electrons. The van der Waals surface area contributed by atoms with E-state index in [1.807, 2.05) is 25.2 Å². The van der Waals surface area contributed by atoms with E-state index in [1.165, 1.54) is 0 Å². The lowest BCUT2D eigenvalue weighted by Gasteiger charge is -2.11. The van der Waals surface area contributed by atoms with Crippen molar-refractivity contribution in [2.75, 3.05) is 38.3 Å². The molecule has 0 aliphatic rings. The van der Waals surface area contributed by atoms with Crippen molar-refractivity contribution in [3.05, 3.63) is 18.2 Å². The Balaban J connectivity index is 2.40. The number of nitrogens with zero attached hydrogens (tertiary/aromatic N) is 2. The molecule has 5 nitrogen and oxygen atoms in total. The zero-order valence-electron chi connectivity index (χ0n) is 9.95. The van der Waals surface area contributed by atoms with Gasteiger partial charge in [0.2, 0.25) is 5.91 Å². The Morgan fingerprint density at radius 3 is 2.69 bits per heavy atom. The predicted octanol–water partition coefficient (Wildman–Crippen LogP) is 1.01. The van der Waals surface area contributed by atoms with Crippen molar-refractivity contribution in [1.82, 2.24) is 9.88 Å². The fourth-order valence-corrected chi connectivity index (χ4v) is 1.19. The largest absolute Gasteiger partial charge is 0.373 e. The summed E-state index contributed by atoms with van der Waals surface area (Å²) in [6.45, 7) is 0.594. The van der Waals surface area contributed by atoms with Gasteiger partial charge in [-0.25, -0.2) is 4.98 Å². The summed E-state index contributed by atoms with van der Waals surface area (Å²) < 4.78 is 0. The highest BCUT2D eigenvalue weighted by molar-refractivity contribution is 5.76. The topological polar surface area (TPSA) is 57.3 Å². The summed E-state index contributed by atoms with van der Waals surface area (Å²) in [5, 5.41) is 6.07. The maximum Gasteiger partial charge on any atom is 0.223 e. The number of rotatable bonds is 5. The Morgan fingerprint density at radius 1 is 1.38 bits per heavy atom. The molecule has 1 heterocycles. The van der Waals surface area contributed by atoms with Gasteiger partial charge in [-0.05, 0) is 12.1 Å². The molecule has 1 aromatic rings. The molecular formula is C11H18N4O. The van der Waals surface area contributed by atoms with Gasteiger partial charge in [0.15, 0.2) is 0 Å². The van der Waals surface area contributed by atoms with Crippen molar-refractivity contribution in [2.24, 2.45) is 0 Å². The fourth-order valence-electron chi connectivity index (χ4n) is 1.19. The standard InChI is InChI=1S/C11H18N4O/c1-12-9-5-4-6-10(14-9)13-8-7-11(16)15(2)3/h4-6H,7-8H2,1-3H3,(H2,12,13,14). The summed E-state index contributed by atoms with van der Waals surface area (Å²) >= 11 is 0. The first kappa shape index (κ1) is 12.3. The van der Waals surface area contributed by atoms with Crippen molar-refractivity contribution in [1.29, 1.82) is 0 Å². The van der Waals surface area contributed by atoms with Crippen LogP contribution in [0.15, 0.2) is 18.2 Å². The third kappa shape index (κ3) is 3.76. The molecule has 5 heteroatoms. The number of nitrogens with one attached hydrogen (secondary N) is 2. The number of hydrogen-bond donors (Lipinski definition) is 2. The lowest BCUT2D eigenvalue weighted by Crippen LogP contribution is -2.24. The quantitative estimate of drug-likeness (QED) is 0.780. The first-order valence-corrected chi connectivity index (χ1v) is 5.22. The van der Waals surface area contributed by atoms with Crippen LogP contribution in [0.25, 0.3) is 0 Å².